The van der Waals surface area contributed by atoms with E-state index in [0.29, 0.717) is 0 Å². The van der Waals surface area contributed by atoms with Gasteiger partial charge in [-0.1, -0.05) is 13.8 Å². The molecule has 1 aliphatic heterocycles. The van der Waals surface area contributed by atoms with Crippen LogP contribution in [-0.2, 0) is 0 Å². The lowest BCUT2D eigenvalue weighted by atomic mass is 9.72. The molecule has 2 fully saturated rings. The SMILES string of the molecule is CC(C)C1CCC(CN)(N(C)CC2CCN(C)C2)CC1. The zero-order chi connectivity index (χ0) is 14.8. The molecule has 0 aromatic heterocycles. The first-order chi connectivity index (χ1) is 9.47. The van der Waals surface area contributed by atoms with E-state index >= 15 is 0 Å². The summed E-state index contributed by atoms with van der Waals surface area (Å²) in [6.07, 6.45) is 6.68. The van der Waals surface area contributed by atoms with Crippen LogP contribution in [0.4, 0.5) is 0 Å². The third-order valence-corrected chi connectivity index (χ3v) is 6.11. The van der Waals surface area contributed by atoms with Crippen molar-refractivity contribution in [3.63, 3.8) is 0 Å². The van der Waals surface area contributed by atoms with Gasteiger partial charge in [-0.3, -0.25) is 4.90 Å². The Bertz CT molecular complexity index is 295. The zero-order valence-electron chi connectivity index (χ0n) is 14.1. The van der Waals surface area contributed by atoms with Crippen molar-refractivity contribution in [2.24, 2.45) is 23.5 Å². The molecule has 0 bridgehead atoms. The van der Waals surface area contributed by atoms with Crippen LogP contribution in [0.3, 0.4) is 0 Å². The highest BCUT2D eigenvalue weighted by molar-refractivity contribution is 4.96. The molecule has 2 aliphatic rings. The first kappa shape index (κ1) is 16.3. The quantitative estimate of drug-likeness (QED) is 0.840. The van der Waals surface area contributed by atoms with Crippen LogP contribution in [0.15, 0.2) is 0 Å². The Balaban J connectivity index is 1.90. The summed E-state index contributed by atoms with van der Waals surface area (Å²) in [5.74, 6) is 2.59. The maximum Gasteiger partial charge on any atom is 0.0329 e. The van der Waals surface area contributed by atoms with Crippen molar-refractivity contribution in [2.75, 3.05) is 40.3 Å². The summed E-state index contributed by atoms with van der Waals surface area (Å²) < 4.78 is 0. The molecule has 0 amide bonds. The number of hydrogen-bond acceptors (Lipinski definition) is 3. The molecule has 1 atom stereocenters. The number of likely N-dealkylation sites (tertiary alicyclic amines) is 1. The number of rotatable bonds is 5. The fourth-order valence-electron chi connectivity index (χ4n) is 4.34. The molecule has 1 saturated carbocycles. The van der Waals surface area contributed by atoms with E-state index in [4.69, 9.17) is 5.73 Å². The Morgan fingerprint density at radius 1 is 1.25 bits per heavy atom. The van der Waals surface area contributed by atoms with Crippen LogP contribution in [-0.4, -0.2) is 55.6 Å². The van der Waals surface area contributed by atoms with Crippen LogP contribution in [0.2, 0.25) is 0 Å². The molecule has 0 aromatic carbocycles. The summed E-state index contributed by atoms with van der Waals surface area (Å²) in [5, 5.41) is 0. The standard InChI is InChI=1S/C17H35N3/c1-14(2)16-5-8-17(13-18,9-6-16)20(4)12-15-7-10-19(3)11-15/h14-16H,5-13,18H2,1-4H3. The van der Waals surface area contributed by atoms with E-state index in [-0.39, 0.29) is 5.54 Å². The van der Waals surface area contributed by atoms with Gasteiger partial charge in [0.15, 0.2) is 0 Å². The minimum absolute atomic E-state index is 0.284. The van der Waals surface area contributed by atoms with Crippen LogP contribution >= 0.6 is 0 Å². The average molecular weight is 281 g/mol. The molecular weight excluding hydrogens is 246 g/mol. The van der Waals surface area contributed by atoms with Gasteiger partial charge >= 0.3 is 0 Å². The number of nitrogens with two attached hydrogens (primary N) is 1. The summed E-state index contributed by atoms with van der Waals surface area (Å²) >= 11 is 0. The van der Waals surface area contributed by atoms with Crippen LogP contribution in [0.1, 0.15) is 46.0 Å². The maximum absolute atomic E-state index is 6.21. The van der Waals surface area contributed by atoms with E-state index in [9.17, 15) is 0 Å². The van der Waals surface area contributed by atoms with Crippen molar-refractivity contribution in [3.05, 3.63) is 0 Å². The molecular formula is C17H35N3. The van der Waals surface area contributed by atoms with Crippen LogP contribution in [0.5, 0.6) is 0 Å². The molecule has 20 heavy (non-hydrogen) atoms. The Labute approximate surface area is 125 Å². The second kappa shape index (κ2) is 6.76. The molecule has 3 nitrogen and oxygen atoms in total. The third kappa shape index (κ3) is 3.55. The van der Waals surface area contributed by atoms with Crippen LogP contribution in [0, 0.1) is 17.8 Å². The van der Waals surface area contributed by atoms with Gasteiger partial charge in [-0.15, -0.1) is 0 Å². The Morgan fingerprint density at radius 2 is 1.90 bits per heavy atom. The summed E-state index contributed by atoms with van der Waals surface area (Å²) in [4.78, 5) is 5.08. The topological polar surface area (TPSA) is 32.5 Å². The minimum atomic E-state index is 0.284. The molecule has 1 aliphatic carbocycles. The molecule has 2 N–H and O–H groups in total. The second-order valence-corrected chi connectivity index (χ2v) is 7.81. The third-order valence-electron chi connectivity index (χ3n) is 6.11. The van der Waals surface area contributed by atoms with E-state index in [0.717, 1.165) is 24.3 Å². The molecule has 0 radical (unpaired) electrons. The van der Waals surface area contributed by atoms with E-state index < -0.39 is 0 Å². The smallest absolute Gasteiger partial charge is 0.0329 e. The summed E-state index contributed by atoms with van der Waals surface area (Å²) in [5.41, 5.74) is 6.49. The first-order valence-corrected chi connectivity index (χ1v) is 8.56. The predicted octanol–water partition coefficient (Wildman–Crippen LogP) is 2.41. The lowest BCUT2D eigenvalue weighted by molar-refractivity contribution is 0.0449. The molecule has 3 heteroatoms. The highest BCUT2D eigenvalue weighted by atomic mass is 15.2. The van der Waals surface area contributed by atoms with Gasteiger partial charge in [0.25, 0.3) is 0 Å². The van der Waals surface area contributed by atoms with Gasteiger partial charge in [-0.2, -0.15) is 0 Å². The van der Waals surface area contributed by atoms with Crippen LogP contribution in [0.25, 0.3) is 0 Å². The molecule has 0 aromatic rings. The minimum Gasteiger partial charge on any atom is -0.329 e. The Morgan fingerprint density at radius 3 is 2.35 bits per heavy atom. The molecule has 1 heterocycles. The predicted molar refractivity (Wildman–Crippen MR) is 86.8 cm³/mol. The van der Waals surface area contributed by atoms with Gasteiger partial charge in [-0.25, -0.2) is 0 Å². The van der Waals surface area contributed by atoms with Gasteiger partial charge < -0.3 is 10.6 Å². The molecule has 1 unspecified atom stereocenters. The van der Waals surface area contributed by atoms with Gasteiger partial charge in [0, 0.05) is 25.2 Å². The van der Waals surface area contributed by atoms with E-state index in [1.165, 1.54) is 51.7 Å². The molecule has 0 spiro atoms. The fourth-order valence-corrected chi connectivity index (χ4v) is 4.34. The monoisotopic (exact) mass is 281 g/mol. The van der Waals surface area contributed by atoms with Gasteiger partial charge in [0.05, 0.1) is 0 Å². The zero-order valence-corrected chi connectivity index (χ0v) is 14.1. The fraction of sp³-hybridized carbons (Fsp3) is 1.00. The van der Waals surface area contributed by atoms with Crippen molar-refractivity contribution in [2.45, 2.75) is 51.5 Å². The largest absolute Gasteiger partial charge is 0.329 e. The number of nitrogens with zero attached hydrogens (tertiary/aromatic N) is 2. The molecule has 118 valence electrons. The highest BCUT2D eigenvalue weighted by Gasteiger charge is 2.39. The van der Waals surface area contributed by atoms with E-state index in [2.05, 4.69) is 37.7 Å². The average Bonchev–Trinajstić information content (AvgIpc) is 2.84. The lowest BCUT2D eigenvalue weighted by Crippen LogP contribution is -2.55. The lowest BCUT2D eigenvalue weighted by Gasteiger charge is -2.47. The Hall–Kier alpha value is -0.120. The van der Waals surface area contributed by atoms with Crippen molar-refractivity contribution < 1.29 is 0 Å². The van der Waals surface area contributed by atoms with Crippen molar-refractivity contribution in [1.29, 1.82) is 0 Å². The normalized spacial score (nSPS) is 36.1. The van der Waals surface area contributed by atoms with Crippen LogP contribution < -0.4 is 5.73 Å². The molecule has 1 saturated heterocycles. The van der Waals surface area contributed by atoms with Crippen molar-refractivity contribution in [3.8, 4) is 0 Å². The van der Waals surface area contributed by atoms with Crippen molar-refractivity contribution in [1.82, 2.24) is 9.80 Å². The summed E-state index contributed by atoms with van der Waals surface area (Å²) in [7, 11) is 4.56. The maximum atomic E-state index is 6.21. The molecule has 2 rings (SSSR count). The van der Waals surface area contributed by atoms with E-state index in [1.54, 1.807) is 0 Å². The van der Waals surface area contributed by atoms with Gasteiger partial charge in [0.1, 0.15) is 0 Å². The first-order valence-electron chi connectivity index (χ1n) is 8.56. The second-order valence-electron chi connectivity index (χ2n) is 7.81. The Kier molecular flexibility index (Phi) is 5.49. The summed E-state index contributed by atoms with van der Waals surface area (Å²) in [6.45, 7) is 9.34. The van der Waals surface area contributed by atoms with Crippen molar-refractivity contribution >= 4 is 0 Å². The van der Waals surface area contributed by atoms with Gasteiger partial charge in [0.2, 0.25) is 0 Å². The van der Waals surface area contributed by atoms with E-state index in [1.807, 2.05) is 0 Å². The number of hydrogen-bond donors (Lipinski definition) is 1. The summed E-state index contributed by atoms with van der Waals surface area (Å²) in [6, 6.07) is 0. The van der Waals surface area contributed by atoms with Gasteiger partial charge in [-0.05, 0) is 70.5 Å². The number of likely N-dealkylation sites (N-methyl/N-ethyl adjacent to an activating group) is 1. The highest BCUT2D eigenvalue weighted by Crippen LogP contribution is 2.38.